The summed E-state index contributed by atoms with van der Waals surface area (Å²) in [6, 6.07) is 8.52. The van der Waals surface area contributed by atoms with Crippen LogP contribution in [0.4, 0.5) is 0 Å². The Bertz CT molecular complexity index is 329. The Balaban J connectivity index is 0.000000671. The van der Waals surface area contributed by atoms with Crippen molar-refractivity contribution in [1.29, 1.82) is 0 Å². The van der Waals surface area contributed by atoms with Gasteiger partial charge in [-0.15, -0.1) is 13.2 Å². The topological polar surface area (TPSA) is 54.4 Å². The second kappa shape index (κ2) is 5.50. The van der Waals surface area contributed by atoms with Gasteiger partial charge in [-0.05, 0) is 5.56 Å². The summed E-state index contributed by atoms with van der Waals surface area (Å²) in [6.07, 6.45) is 0. The van der Waals surface area contributed by atoms with Crippen molar-refractivity contribution in [2.45, 2.75) is 5.75 Å². The van der Waals surface area contributed by atoms with E-state index >= 15 is 0 Å². The Morgan fingerprint density at radius 2 is 1.62 bits per heavy atom. The van der Waals surface area contributed by atoms with E-state index in [0.29, 0.717) is 5.56 Å². The van der Waals surface area contributed by atoms with E-state index in [2.05, 4.69) is 13.2 Å². The molecule has 0 saturated carbocycles. The van der Waals surface area contributed by atoms with E-state index in [1.165, 1.54) is 0 Å². The Labute approximate surface area is 78.5 Å². The van der Waals surface area contributed by atoms with E-state index in [0.717, 1.165) is 0 Å². The van der Waals surface area contributed by atoms with E-state index in [1.807, 2.05) is 0 Å². The first kappa shape index (κ1) is 11.9. The van der Waals surface area contributed by atoms with Crippen LogP contribution in [0.25, 0.3) is 0 Å². The van der Waals surface area contributed by atoms with E-state index in [9.17, 15) is 8.42 Å². The predicted octanol–water partition coefficient (Wildman–Crippen LogP) is 1.88. The third-order valence-corrected chi connectivity index (χ3v) is 1.89. The van der Waals surface area contributed by atoms with Gasteiger partial charge in [-0.25, -0.2) is 0 Å². The average Bonchev–Trinajstić information content (AvgIpc) is 2.07. The van der Waals surface area contributed by atoms with Crippen molar-refractivity contribution in [1.82, 2.24) is 0 Å². The Hall–Kier alpha value is -1.13. The van der Waals surface area contributed by atoms with Crippen LogP contribution in [0, 0.1) is 0 Å². The molecule has 0 heterocycles. The van der Waals surface area contributed by atoms with Crippen LogP contribution in [0.5, 0.6) is 0 Å². The summed E-state index contributed by atoms with van der Waals surface area (Å²) in [7, 11) is -3.88. The maximum Gasteiger partial charge on any atom is 0.269 e. The summed E-state index contributed by atoms with van der Waals surface area (Å²) in [6.45, 7) is 6.00. The summed E-state index contributed by atoms with van der Waals surface area (Å²) in [4.78, 5) is 0. The van der Waals surface area contributed by atoms with Gasteiger partial charge in [0.2, 0.25) is 0 Å². The Morgan fingerprint density at radius 1 is 1.15 bits per heavy atom. The van der Waals surface area contributed by atoms with E-state index in [1.54, 1.807) is 30.3 Å². The van der Waals surface area contributed by atoms with Gasteiger partial charge >= 0.3 is 0 Å². The van der Waals surface area contributed by atoms with Crippen molar-refractivity contribution < 1.29 is 13.0 Å². The van der Waals surface area contributed by atoms with Crippen molar-refractivity contribution in [2.24, 2.45) is 0 Å². The molecule has 3 nitrogen and oxygen atoms in total. The third-order valence-electron chi connectivity index (χ3n) is 1.19. The predicted molar refractivity (Wildman–Crippen MR) is 52.9 cm³/mol. The minimum absolute atomic E-state index is 0.312. The fourth-order valence-corrected chi connectivity index (χ4v) is 1.40. The SMILES string of the molecule is C=C.O=S(=O)(O)Cc1ccccc1. The molecule has 1 N–H and O–H groups in total. The highest BCUT2D eigenvalue weighted by Crippen LogP contribution is 2.02. The van der Waals surface area contributed by atoms with Crippen LogP contribution in [-0.2, 0) is 15.9 Å². The zero-order valence-electron chi connectivity index (χ0n) is 7.18. The molecule has 0 aromatic heterocycles. The first-order valence-corrected chi connectivity index (χ1v) is 5.18. The number of hydrogen-bond donors (Lipinski definition) is 1. The summed E-state index contributed by atoms with van der Waals surface area (Å²) in [5.74, 6) is -0.312. The van der Waals surface area contributed by atoms with Gasteiger partial charge < -0.3 is 0 Å². The lowest BCUT2D eigenvalue weighted by molar-refractivity contribution is 0.482. The van der Waals surface area contributed by atoms with Gasteiger partial charge in [-0.3, -0.25) is 4.55 Å². The largest absolute Gasteiger partial charge is 0.285 e. The van der Waals surface area contributed by atoms with Crippen LogP contribution < -0.4 is 0 Å². The van der Waals surface area contributed by atoms with Gasteiger partial charge in [-0.2, -0.15) is 8.42 Å². The number of rotatable bonds is 2. The lowest BCUT2D eigenvalue weighted by Gasteiger charge is -1.95. The van der Waals surface area contributed by atoms with Gasteiger partial charge in [0.25, 0.3) is 10.1 Å². The first-order valence-electron chi connectivity index (χ1n) is 3.57. The monoisotopic (exact) mass is 200 g/mol. The van der Waals surface area contributed by atoms with E-state index in [-0.39, 0.29) is 5.75 Å². The number of hydrogen-bond acceptors (Lipinski definition) is 2. The molecule has 0 fully saturated rings. The minimum atomic E-state index is -3.88. The van der Waals surface area contributed by atoms with Crippen LogP contribution >= 0.6 is 0 Å². The smallest absolute Gasteiger partial charge is 0.269 e. The fourth-order valence-electron chi connectivity index (χ4n) is 0.785. The molecule has 1 aromatic carbocycles. The van der Waals surface area contributed by atoms with Gasteiger partial charge in [0.1, 0.15) is 5.75 Å². The molecule has 0 bridgehead atoms. The second-order valence-electron chi connectivity index (χ2n) is 2.21. The summed E-state index contributed by atoms with van der Waals surface area (Å²) < 4.78 is 29.2. The quantitative estimate of drug-likeness (QED) is 0.585. The zero-order valence-corrected chi connectivity index (χ0v) is 8.00. The molecule has 0 unspecified atom stereocenters. The third kappa shape index (κ3) is 6.07. The van der Waals surface area contributed by atoms with Crippen molar-refractivity contribution in [3.63, 3.8) is 0 Å². The second-order valence-corrected chi connectivity index (χ2v) is 3.66. The van der Waals surface area contributed by atoms with Gasteiger partial charge in [0.15, 0.2) is 0 Å². The first-order chi connectivity index (χ1) is 6.08. The molecule has 13 heavy (non-hydrogen) atoms. The molecule has 1 rings (SSSR count). The van der Waals surface area contributed by atoms with E-state index in [4.69, 9.17) is 4.55 Å². The summed E-state index contributed by atoms with van der Waals surface area (Å²) >= 11 is 0. The van der Waals surface area contributed by atoms with Crippen LogP contribution in [0.1, 0.15) is 5.56 Å². The fraction of sp³-hybridized carbons (Fsp3) is 0.111. The molecule has 4 heteroatoms. The molecular formula is C9H12O3S. The molecule has 0 aliphatic heterocycles. The van der Waals surface area contributed by atoms with Crippen molar-refractivity contribution in [3.05, 3.63) is 49.1 Å². The summed E-state index contributed by atoms with van der Waals surface area (Å²) in [5, 5.41) is 0. The van der Waals surface area contributed by atoms with Crippen LogP contribution in [0.2, 0.25) is 0 Å². The van der Waals surface area contributed by atoms with Gasteiger partial charge in [-0.1, -0.05) is 30.3 Å². The highest BCUT2D eigenvalue weighted by atomic mass is 32.2. The molecular weight excluding hydrogens is 188 g/mol. The zero-order chi connectivity index (χ0) is 10.3. The number of benzene rings is 1. The highest BCUT2D eigenvalue weighted by Gasteiger charge is 2.04. The molecule has 0 atom stereocenters. The minimum Gasteiger partial charge on any atom is -0.285 e. The van der Waals surface area contributed by atoms with Crippen LogP contribution in [0.15, 0.2) is 43.5 Å². The highest BCUT2D eigenvalue weighted by molar-refractivity contribution is 7.85. The lowest BCUT2D eigenvalue weighted by atomic mass is 10.2. The normalized spacial score (nSPS) is 9.92. The van der Waals surface area contributed by atoms with Crippen molar-refractivity contribution in [2.75, 3.05) is 0 Å². The lowest BCUT2D eigenvalue weighted by Crippen LogP contribution is -2.00. The molecule has 72 valence electrons. The molecule has 0 saturated heterocycles. The van der Waals surface area contributed by atoms with Gasteiger partial charge in [0, 0.05) is 0 Å². The van der Waals surface area contributed by atoms with Crippen molar-refractivity contribution >= 4 is 10.1 Å². The molecule has 0 spiro atoms. The molecule has 0 aliphatic carbocycles. The Morgan fingerprint density at radius 3 is 2.00 bits per heavy atom. The maximum absolute atomic E-state index is 10.4. The molecule has 1 aromatic rings. The Kier molecular flexibility index (Phi) is 5.03. The van der Waals surface area contributed by atoms with Crippen LogP contribution in [0.3, 0.4) is 0 Å². The molecule has 0 amide bonds. The van der Waals surface area contributed by atoms with Crippen molar-refractivity contribution in [3.8, 4) is 0 Å². The maximum atomic E-state index is 10.4. The average molecular weight is 200 g/mol. The standard InChI is InChI=1S/C7H8O3S.C2H4/c8-11(9,10)6-7-4-2-1-3-5-7;1-2/h1-5H,6H2,(H,8,9,10);1-2H2. The molecule has 0 radical (unpaired) electrons. The van der Waals surface area contributed by atoms with Crippen LogP contribution in [-0.4, -0.2) is 13.0 Å². The summed E-state index contributed by atoms with van der Waals surface area (Å²) in [5.41, 5.74) is 0.593. The van der Waals surface area contributed by atoms with E-state index < -0.39 is 10.1 Å². The van der Waals surface area contributed by atoms with Gasteiger partial charge in [0.05, 0.1) is 0 Å². The molecule has 0 aliphatic rings.